The molecular formula is C10H22N2OS. The van der Waals surface area contributed by atoms with Crippen LogP contribution < -0.4 is 11.1 Å². The Hall–Kier alpha value is -0.220. The number of amides is 1. The highest BCUT2D eigenvalue weighted by molar-refractivity contribution is 7.99. The van der Waals surface area contributed by atoms with Crippen molar-refractivity contribution >= 4 is 17.7 Å². The zero-order valence-electron chi connectivity index (χ0n) is 9.21. The molecule has 4 heteroatoms. The van der Waals surface area contributed by atoms with Crippen LogP contribution >= 0.6 is 11.8 Å². The highest BCUT2D eigenvalue weighted by Crippen LogP contribution is 2.07. The number of nitrogens with two attached hydrogens (primary N) is 1. The normalized spacial score (nSPS) is 10.6. The van der Waals surface area contributed by atoms with Crippen molar-refractivity contribution < 1.29 is 4.79 Å². The molecular weight excluding hydrogens is 196 g/mol. The summed E-state index contributed by atoms with van der Waals surface area (Å²) in [4.78, 5) is 11.2. The summed E-state index contributed by atoms with van der Waals surface area (Å²) in [7, 11) is 0. The van der Waals surface area contributed by atoms with E-state index in [0.29, 0.717) is 18.8 Å². The molecule has 3 nitrogen and oxygen atoms in total. The zero-order valence-corrected chi connectivity index (χ0v) is 10.0. The summed E-state index contributed by atoms with van der Waals surface area (Å²) in [5.74, 6) is 2.51. The summed E-state index contributed by atoms with van der Waals surface area (Å²) in [6, 6.07) is 0. The van der Waals surface area contributed by atoms with Gasteiger partial charge in [-0.2, -0.15) is 11.8 Å². The van der Waals surface area contributed by atoms with Gasteiger partial charge < -0.3 is 11.1 Å². The minimum absolute atomic E-state index is 0.132. The predicted octanol–water partition coefficient (Wildman–Crippen LogP) is 1.23. The van der Waals surface area contributed by atoms with Gasteiger partial charge in [0.15, 0.2) is 0 Å². The first-order chi connectivity index (χ1) is 6.66. The zero-order chi connectivity index (χ0) is 10.8. The summed E-state index contributed by atoms with van der Waals surface area (Å²) in [5.41, 5.74) is 5.31. The van der Waals surface area contributed by atoms with E-state index in [1.807, 2.05) is 0 Å². The standard InChI is InChI=1S/C10H22N2OS/c1-9(2)4-7-14-8-10(13)12-6-3-5-11/h9H,3-8,11H2,1-2H3,(H,12,13). The molecule has 3 N–H and O–H groups in total. The molecule has 1 amide bonds. The first-order valence-corrected chi connectivity index (χ1v) is 6.36. The van der Waals surface area contributed by atoms with Gasteiger partial charge in [-0.05, 0) is 31.1 Å². The summed E-state index contributed by atoms with van der Waals surface area (Å²) in [6.45, 7) is 5.74. The number of hydrogen-bond donors (Lipinski definition) is 2. The molecule has 0 bridgehead atoms. The largest absolute Gasteiger partial charge is 0.355 e. The van der Waals surface area contributed by atoms with E-state index >= 15 is 0 Å². The Balaban J connectivity index is 3.18. The van der Waals surface area contributed by atoms with Gasteiger partial charge in [0.25, 0.3) is 0 Å². The average molecular weight is 218 g/mol. The van der Waals surface area contributed by atoms with E-state index in [1.54, 1.807) is 11.8 Å². The Morgan fingerprint density at radius 3 is 2.79 bits per heavy atom. The molecule has 0 saturated heterocycles. The van der Waals surface area contributed by atoms with Gasteiger partial charge in [0.2, 0.25) is 5.91 Å². The maximum atomic E-state index is 11.2. The Bertz CT molecular complexity index is 151. The maximum Gasteiger partial charge on any atom is 0.229 e. The molecule has 84 valence electrons. The second-order valence-corrected chi connectivity index (χ2v) is 4.83. The molecule has 0 saturated carbocycles. The quantitative estimate of drug-likeness (QED) is 0.603. The van der Waals surface area contributed by atoms with Gasteiger partial charge in [-0.3, -0.25) is 4.79 Å². The lowest BCUT2D eigenvalue weighted by atomic mass is 10.2. The fourth-order valence-electron chi connectivity index (χ4n) is 0.865. The van der Waals surface area contributed by atoms with E-state index < -0.39 is 0 Å². The first kappa shape index (κ1) is 13.8. The summed E-state index contributed by atoms with van der Waals surface area (Å²) < 4.78 is 0. The number of rotatable bonds is 8. The van der Waals surface area contributed by atoms with E-state index in [1.165, 1.54) is 6.42 Å². The molecule has 0 unspecified atom stereocenters. The first-order valence-electron chi connectivity index (χ1n) is 5.21. The summed E-state index contributed by atoms with van der Waals surface area (Å²) in [5, 5.41) is 2.83. The topological polar surface area (TPSA) is 55.1 Å². The third kappa shape index (κ3) is 9.86. The second-order valence-electron chi connectivity index (χ2n) is 3.73. The van der Waals surface area contributed by atoms with Gasteiger partial charge in [-0.15, -0.1) is 0 Å². The predicted molar refractivity (Wildman–Crippen MR) is 63.5 cm³/mol. The minimum atomic E-state index is 0.132. The third-order valence-corrected chi connectivity index (χ3v) is 2.77. The molecule has 14 heavy (non-hydrogen) atoms. The third-order valence-electron chi connectivity index (χ3n) is 1.78. The van der Waals surface area contributed by atoms with E-state index in [4.69, 9.17) is 5.73 Å². The van der Waals surface area contributed by atoms with Crippen molar-refractivity contribution in [3.05, 3.63) is 0 Å². The Labute approximate surface area is 91.2 Å². The molecule has 0 spiro atoms. The fourth-order valence-corrected chi connectivity index (χ4v) is 1.93. The molecule has 0 atom stereocenters. The van der Waals surface area contributed by atoms with Crippen molar-refractivity contribution in [2.45, 2.75) is 26.7 Å². The highest BCUT2D eigenvalue weighted by atomic mass is 32.2. The summed E-state index contributed by atoms with van der Waals surface area (Å²) in [6.07, 6.45) is 2.04. The van der Waals surface area contributed by atoms with Gasteiger partial charge in [0, 0.05) is 6.54 Å². The van der Waals surface area contributed by atoms with Crippen molar-refractivity contribution in [3.63, 3.8) is 0 Å². The van der Waals surface area contributed by atoms with Crippen LogP contribution in [-0.2, 0) is 4.79 Å². The number of nitrogens with one attached hydrogen (secondary N) is 1. The maximum absolute atomic E-state index is 11.2. The van der Waals surface area contributed by atoms with Crippen LogP contribution in [-0.4, -0.2) is 30.5 Å². The Morgan fingerprint density at radius 1 is 1.50 bits per heavy atom. The van der Waals surface area contributed by atoms with Crippen molar-refractivity contribution in [1.82, 2.24) is 5.32 Å². The van der Waals surface area contributed by atoms with E-state index in [0.717, 1.165) is 18.1 Å². The average Bonchev–Trinajstić information content (AvgIpc) is 2.13. The smallest absolute Gasteiger partial charge is 0.229 e. The van der Waals surface area contributed by atoms with Gasteiger partial charge in [0.05, 0.1) is 5.75 Å². The fraction of sp³-hybridized carbons (Fsp3) is 0.900. The lowest BCUT2D eigenvalue weighted by Crippen LogP contribution is -2.27. The number of thioether (sulfide) groups is 1. The second kappa shape index (κ2) is 9.34. The SMILES string of the molecule is CC(C)CCSCC(=O)NCCCN. The van der Waals surface area contributed by atoms with Crippen LogP contribution in [0.25, 0.3) is 0 Å². The Kier molecular flexibility index (Phi) is 9.19. The lowest BCUT2D eigenvalue weighted by Gasteiger charge is -2.05. The molecule has 0 radical (unpaired) electrons. The van der Waals surface area contributed by atoms with Crippen LogP contribution in [0.1, 0.15) is 26.7 Å². The van der Waals surface area contributed by atoms with Crippen LogP contribution in [0.5, 0.6) is 0 Å². The molecule has 0 aliphatic heterocycles. The van der Waals surface area contributed by atoms with Crippen LogP contribution in [0.4, 0.5) is 0 Å². The van der Waals surface area contributed by atoms with Gasteiger partial charge >= 0.3 is 0 Å². The number of carbonyl (C=O) groups is 1. The van der Waals surface area contributed by atoms with Crippen molar-refractivity contribution in [2.75, 3.05) is 24.6 Å². The van der Waals surface area contributed by atoms with Crippen LogP contribution in [0.2, 0.25) is 0 Å². The van der Waals surface area contributed by atoms with Gasteiger partial charge in [-0.25, -0.2) is 0 Å². The monoisotopic (exact) mass is 218 g/mol. The summed E-state index contributed by atoms with van der Waals surface area (Å²) >= 11 is 1.70. The number of hydrogen-bond acceptors (Lipinski definition) is 3. The molecule has 0 aromatic heterocycles. The van der Waals surface area contributed by atoms with Crippen LogP contribution in [0.3, 0.4) is 0 Å². The molecule has 0 fully saturated rings. The molecule has 0 aliphatic carbocycles. The van der Waals surface area contributed by atoms with Crippen molar-refractivity contribution in [3.8, 4) is 0 Å². The van der Waals surface area contributed by atoms with E-state index in [2.05, 4.69) is 19.2 Å². The van der Waals surface area contributed by atoms with Crippen LogP contribution in [0.15, 0.2) is 0 Å². The highest BCUT2D eigenvalue weighted by Gasteiger charge is 2.00. The van der Waals surface area contributed by atoms with Crippen LogP contribution in [0, 0.1) is 5.92 Å². The molecule has 0 rings (SSSR count). The van der Waals surface area contributed by atoms with Gasteiger partial charge in [-0.1, -0.05) is 13.8 Å². The Morgan fingerprint density at radius 2 is 2.21 bits per heavy atom. The van der Waals surface area contributed by atoms with E-state index in [9.17, 15) is 4.79 Å². The molecule has 0 heterocycles. The molecule has 0 aromatic carbocycles. The molecule has 0 aliphatic rings. The van der Waals surface area contributed by atoms with Crippen molar-refractivity contribution in [2.24, 2.45) is 11.7 Å². The van der Waals surface area contributed by atoms with Gasteiger partial charge in [0.1, 0.15) is 0 Å². The minimum Gasteiger partial charge on any atom is -0.355 e. The molecule has 0 aromatic rings. The number of carbonyl (C=O) groups excluding carboxylic acids is 1. The van der Waals surface area contributed by atoms with Crippen molar-refractivity contribution in [1.29, 1.82) is 0 Å². The lowest BCUT2D eigenvalue weighted by molar-refractivity contribution is -0.118. The van der Waals surface area contributed by atoms with E-state index in [-0.39, 0.29) is 5.91 Å².